The summed E-state index contributed by atoms with van der Waals surface area (Å²) < 4.78 is 0. The summed E-state index contributed by atoms with van der Waals surface area (Å²) >= 11 is 0. The van der Waals surface area contributed by atoms with Crippen LogP contribution in [0.4, 0.5) is 0 Å². The third-order valence-corrected chi connectivity index (χ3v) is 1.25. The minimum absolute atomic E-state index is 0. The van der Waals surface area contributed by atoms with Crippen molar-refractivity contribution in [3.63, 3.8) is 0 Å². The number of nitrogens with two attached hydrogens (primary N) is 1. The molecule has 0 fully saturated rings. The third-order valence-electron chi connectivity index (χ3n) is 1.25. The number of rotatable bonds is 2. The van der Waals surface area contributed by atoms with Crippen molar-refractivity contribution in [3.8, 4) is 0 Å². The highest BCUT2D eigenvalue weighted by Crippen LogP contribution is 1.99. The lowest BCUT2D eigenvalue weighted by atomic mass is 10.2. The monoisotopic (exact) mass is 182 g/mol. The fraction of sp³-hybridized carbons (Fsp3) is 0. The number of hydrogen-bond donors (Lipinski definition) is 2. The van der Waals surface area contributed by atoms with Gasteiger partial charge in [-0.2, -0.15) is 0 Å². The van der Waals surface area contributed by atoms with E-state index >= 15 is 0 Å². The number of halogens is 1. The number of amidine groups is 1. The Morgan fingerprint density at radius 2 is 1.83 bits per heavy atom. The molecule has 0 aliphatic heterocycles. The van der Waals surface area contributed by atoms with Gasteiger partial charge in [-0.05, 0) is 11.6 Å². The molecule has 2 nitrogen and oxygen atoms in total. The predicted octanol–water partition coefficient (Wildman–Crippen LogP) is 2.06. The summed E-state index contributed by atoms with van der Waals surface area (Å²) in [5.74, 6) is 0.0776. The molecular formula is C9H11ClN2. The Bertz CT molecular complexity index is 267. The molecule has 64 valence electrons. The predicted molar refractivity (Wildman–Crippen MR) is 54.6 cm³/mol. The van der Waals surface area contributed by atoms with Gasteiger partial charge in [-0.3, -0.25) is 5.41 Å². The van der Waals surface area contributed by atoms with E-state index in [2.05, 4.69) is 0 Å². The van der Waals surface area contributed by atoms with Gasteiger partial charge in [0, 0.05) is 0 Å². The van der Waals surface area contributed by atoms with Crippen molar-refractivity contribution in [3.05, 3.63) is 42.0 Å². The van der Waals surface area contributed by atoms with Crippen LogP contribution in [-0.2, 0) is 0 Å². The third kappa shape index (κ3) is 3.78. The largest absolute Gasteiger partial charge is 0.384 e. The van der Waals surface area contributed by atoms with E-state index in [0.29, 0.717) is 0 Å². The molecule has 0 atom stereocenters. The van der Waals surface area contributed by atoms with Crippen LogP contribution in [0, 0.1) is 5.41 Å². The zero-order valence-corrected chi connectivity index (χ0v) is 7.34. The molecule has 0 saturated carbocycles. The first-order chi connectivity index (χ1) is 5.29. The van der Waals surface area contributed by atoms with Gasteiger partial charge in [0.05, 0.1) is 0 Å². The van der Waals surface area contributed by atoms with Crippen molar-refractivity contribution in [1.29, 1.82) is 5.41 Å². The molecule has 0 aliphatic carbocycles. The van der Waals surface area contributed by atoms with E-state index in [4.69, 9.17) is 11.1 Å². The lowest BCUT2D eigenvalue weighted by Crippen LogP contribution is -2.03. The molecular weight excluding hydrogens is 172 g/mol. The first-order valence-corrected chi connectivity index (χ1v) is 3.36. The molecule has 0 heterocycles. The number of hydrogen-bond acceptors (Lipinski definition) is 1. The van der Waals surface area contributed by atoms with Gasteiger partial charge >= 0.3 is 0 Å². The Labute approximate surface area is 78.0 Å². The van der Waals surface area contributed by atoms with E-state index < -0.39 is 0 Å². The molecule has 0 saturated heterocycles. The molecule has 1 aromatic rings. The highest BCUT2D eigenvalue weighted by atomic mass is 35.5. The average Bonchev–Trinajstić information content (AvgIpc) is 2.03. The molecule has 1 rings (SSSR count). The highest BCUT2D eigenvalue weighted by molar-refractivity contribution is 5.92. The molecule has 1 aromatic carbocycles. The first kappa shape index (κ1) is 10.7. The maximum atomic E-state index is 6.93. The van der Waals surface area contributed by atoms with Crippen LogP contribution >= 0.6 is 12.4 Å². The van der Waals surface area contributed by atoms with Gasteiger partial charge in [0.15, 0.2) is 0 Å². The smallest absolute Gasteiger partial charge is 0.115 e. The first-order valence-electron chi connectivity index (χ1n) is 3.36. The van der Waals surface area contributed by atoms with Crippen molar-refractivity contribution in [2.75, 3.05) is 0 Å². The Hall–Kier alpha value is -1.28. The van der Waals surface area contributed by atoms with Gasteiger partial charge in [-0.15, -0.1) is 12.4 Å². The summed E-state index contributed by atoms with van der Waals surface area (Å²) in [6, 6.07) is 9.75. The van der Waals surface area contributed by atoms with Crippen molar-refractivity contribution >= 4 is 24.3 Å². The summed E-state index contributed by atoms with van der Waals surface area (Å²) in [5.41, 5.74) is 6.19. The Balaban J connectivity index is 0.00000121. The Kier molecular flexibility index (Phi) is 4.81. The molecule has 0 amide bonds. The molecule has 0 spiro atoms. The van der Waals surface area contributed by atoms with E-state index in [1.807, 2.05) is 36.4 Å². The van der Waals surface area contributed by atoms with Crippen LogP contribution in [0.2, 0.25) is 0 Å². The minimum atomic E-state index is 0. The second-order valence-electron chi connectivity index (χ2n) is 2.20. The van der Waals surface area contributed by atoms with Crippen molar-refractivity contribution in [2.24, 2.45) is 5.73 Å². The molecule has 0 radical (unpaired) electrons. The van der Waals surface area contributed by atoms with Crippen LogP contribution < -0.4 is 5.73 Å². The summed E-state index contributed by atoms with van der Waals surface area (Å²) in [6.07, 6.45) is 3.37. The molecule has 0 aromatic heterocycles. The summed E-state index contributed by atoms with van der Waals surface area (Å²) in [4.78, 5) is 0. The molecule has 0 unspecified atom stereocenters. The Morgan fingerprint density at radius 3 is 2.33 bits per heavy atom. The van der Waals surface area contributed by atoms with Gasteiger partial charge in [0.25, 0.3) is 0 Å². The zero-order chi connectivity index (χ0) is 8.10. The summed E-state index contributed by atoms with van der Waals surface area (Å²) in [7, 11) is 0. The topological polar surface area (TPSA) is 49.9 Å². The maximum Gasteiger partial charge on any atom is 0.115 e. The molecule has 12 heavy (non-hydrogen) atoms. The van der Waals surface area contributed by atoms with Crippen LogP contribution in [0.5, 0.6) is 0 Å². The van der Waals surface area contributed by atoms with Crippen molar-refractivity contribution < 1.29 is 0 Å². The van der Waals surface area contributed by atoms with Crippen LogP contribution in [0.1, 0.15) is 5.56 Å². The lowest BCUT2D eigenvalue weighted by Gasteiger charge is -1.89. The minimum Gasteiger partial charge on any atom is -0.384 e. The average molecular weight is 183 g/mol. The van der Waals surface area contributed by atoms with Gasteiger partial charge in [-0.25, -0.2) is 0 Å². The van der Waals surface area contributed by atoms with Crippen molar-refractivity contribution in [2.45, 2.75) is 0 Å². The number of nitrogens with one attached hydrogen (secondary N) is 1. The maximum absolute atomic E-state index is 6.93. The molecule has 0 aliphatic rings. The SMILES string of the molecule is Cl.N=C(N)C=Cc1ccccc1. The van der Waals surface area contributed by atoms with Gasteiger partial charge in [0.2, 0.25) is 0 Å². The standard InChI is InChI=1S/C9H10N2.ClH/c10-9(11)7-6-8-4-2-1-3-5-8;/h1-7H,(H3,10,11);1H. The highest BCUT2D eigenvalue weighted by Gasteiger charge is 1.81. The quantitative estimate of drug-likeness (QED) is 0.534. The fourth-order valence-corrected chi connectivity index (χ4v) is 0.750. The van der Waals surface area contributed by atoms with Gasteiger partial charge in [0.1, 0.15) is 5.84 Å². The second kappa shape index (κ2) is 5.38. The van der Waals surface area contributed by atoms with E-state index in [0.717, 1.165) is 5.56 Å². The van der Waals surface area contributed by atoms with Gasteiger partial charge < -0.3 is 5.73 Å². The fourth-order valence-electron chi connectivity index (χ4n) is 0.750. The van der Waals surface area contributed by atoms with Crippen LogP contribution in [0.25, 0.3) is 6.08 Å². The second-order valence-corrected chi connectivity index (χ2v) is 2.20. The van der Waals surface area contributed by atoms with Gasteiger partial charge in [-0.1, -0.05) is 36.4 Å². The van der Waals surface area contributed by atoms with E-state index in [1.165, 1.54) is 0 Å². The van der Waals surface area contributed by atoms with Crippen LogP contribution in [0.3, 0.4) is 0 Å². The zero-order valence-electron chi connectivity index (χ0n) is 6.53. The molecule has 3 N–H and O–H groups in total. The summed E-state index contributed by atoms with van der Waals surface area (Å²) in [5, 5.41) is 6.93. The van der Waals surface area contributed by atoms with E-state index in [9.17, 15) is 0 Å². The van der Waals surface area contributed by atoms with Crippen LogP contribution in [0.15, 0.2) is 36.4 Å². The number of benzene rings is 1. The van der Waals surface area contributed by atoms with E-state index in [1.54, 1.807) is 6.08 Å². The molecule has 3 heteroatoms. The summed E-state index contributed by atoms with van der Waals surface area (Å²) in [6.45, 7) is 0. The van der Waals surface area contributed by atoms with Crippen molar-refractivity contribution in [1.82, 2.24) is 0 Å². The molecule has 0 bridgehead atoms. The normalized spacial score (nSPS) is 9.33. The van der Waals surface area contributed by atoms with E-state index in [-0.39, 0.29) is 18.2 Å². The Morgan fingerprint density at radius 1 is 1.25 bits per heavy atom. The lowest BCUT2D eigenvalue weighted by molar-refractivity contribution is 1.47. The van der Waals surface area contributed by atoms with Crippen LogP contribution in [-0.4, -0.2) is 5.84 Å².